The molecule has 0 atom stereocenters. The Morgan fingerprint density at radius 1 is 0.903 bits per heavy atom. The van der Waals surface area contributed by atoms with Gasteiger partial charge < -0.3 is 4.52 Å². The molecule has 0 aliphatic carbocycles. The van der Waals surface area contributed by atoms with E-state index >= 15 is 0 Å². The third-order valence-electron chi connectivity index (χ3n) is 5.31. The highest BCUT2D eigenvalue weighted by molar-refractivity contribution is 7.90. The molecule has 0 saturated carbocycles. The van der Waals surface area contributed by atoms with Crippen LogP contribution < -0.4 is 0 Å². The van der Waals surface area contributed by atoms with Gasteiger partial charge in [-0.3, -0.25) is 4.98 Å². The molecule has 0 amide bonds. The zero-order valence-electron chi connectivity index (χ0n) is 17.0. The number of aromatic nitrogens is 3. The van der Waals surface area contributed by atoms with Crippen LogP contribution in [-0.4, -0.2) is 22.5 Å². The topological polar surface area (TPSA) is 78.0 Å². The lowest BCUT2D eigenvalue weighted by atomic mass is 10.0. The van der Waals surface area contributed by atoms with E-state index in [0.29, 0.717) is 16.8 Å². The Bertz CT molecular complexity index is 1480. The van der Waals surface area contributed by atoms with Crippen molar-refractivity contribution in [2.45, 2.75) is 18.7 Å². The molecular formula is C24H19N3O3S. The van der Waals surface area contributed by atoms with E-state index in [4.69, 9.17) is 4.52 Å². The predicted molar refractivity (Wildman–Crippen MR) is 119 cm³/mol. The van der Waals surface area contributed by atoms with Crippen LogP contribution in [0.1, 0.15) is 11.5 Å². The van der Waals surface area contributed by atoms with Gasteiger partial charge in [0.15, 0.2) is 0 Å². The highest BCUT2D eigenvalue weighted by Crippen LogP contribution is 2.35. The van der Waals surface area contributed by atoms with Gasteiger partial charge in [0.05, 0.1) is 21.6 Å². The molecule has 0 unspecified atom stereocenters. The zero-order valence-corrected chi connectivity index (χ0v) is 17.8. The molecule has 0 saturated heterocycles. The highest BCUT2D eigenvalue weighted by atomic mass is 32.2. The van der Waals surface area contributed by atoms with Crippen molar-refractivity contribution in [3.8, 4) is 22.3 Å². The van der Waals surface area contributed by atoms with E-state index in [9.17, 15) is 8.42 Å². The molecule has 0 aliphatic rings. The summed E-state index contributed by atoms with van der Waals surface area (Å²) < 4.78 is 33.7. The van der Waals surface area contributed by atoms with E-state index in [-0.39, 0.29) is 4.90 Å². The number of aryl methyl sites for hydroxylation is 2. The largest absolute Gasteiger partial charge is 0.361 e. The van der Waals surface area contributed by atoms with Gasteiger partial charge in [0.25, 0.3) is 10.0 Å². The smallest absolute Gasteiger partial charge is 0.268 e. The van der Waals surface area contributed by atoms with Crippen LogP contribution in [0.3, 0.4) is 0 Å². The standard InChI is InChI=1S/C24H19N3O3S/c1-16-23(17(2)30-26-16)19-13-22-24(25-14-19)21(18-9-5-3-6-10-18)15-27(22)31(28,29)20-11-7-4-8-12-20/h3-15H,1-2H3. The summed E-state index contributed by atoms with van der Waals surface area (Å²) in [5.41, 5.74) is 5.06. The summed E-state index contributed by atoms with van der Waals surface area (Å²) in [5, 5.41) is 4.02. The second kappa shape index (κ2) is 7.21. The minimum Gasteiger partial charge on any atom is -0.361 e. The number of nitrogens with zero attached hydrogens (tertiary/aromatic N) is 3. The predicted octanol–water partition coefficient (Wildman–Crippen LogP) is 5.21. The van der Waals surface area contributed by atoms with E-state index in [1.165, 1.54) is 3.97 Å². The molecule has 154 valence electrons. The van der Waals surface area contributed by atoms with Crippen LogP contribution in [0.5, 0.6) is 0 Å². The highest BCUT2D eigenvalue weighted by Gasteiger charge is 2.24. The second-order valence-electron chi connectivity index (χ2n) is 7.31. The van der Waals surface area contributed by atoms with Crippen LogP contribution in [0.4, 0.5) is 0 Å². The fraction of sp³-hybridized carbons (Fsp3) is 0.0833. The number of rotatable bonds is 4. The molecule has 0 bridgehead atoms. The molecule has 6 nitrogen and oxygen atoms in total. The maximum absolute atomic E-state index is 13.5. The van der Waals surface area contributed by atoms with Crippen LogP contribution in [-0.2, 0) is 10.0 Å². The van der Waals surface area contributed by atoms with Crippen molar-refractivity contribution in [3.63, 3.8) is 0 Å². The fourth-order valence-corrected chi connectivity index (χ4v) is 5.21. The average Bonchev–Trinajstić information content (AvgIpc) is 3.34. The van der Waals surface area contributed by atoms with Gasteiger partial charge in [0.2, 0.25) is 0 Å². The first-order valence-electron chi connectivity index (χ1n) is 9.77. The fourth-order valence-electron chi connectivity index (χ4n) is 3.84. The Kier molecular flexibility index (Phi) is 4.48. The second-order valence-corrected chi connectivity index (χ2v) is 9.13. The number of fused-ring (bicyclic) bond motifs is 1. The van der Waals surface area contributed by atoms with Crippen molar-refractivity contribution < 1.29 is 12.9 Å². The maximum atomic E-state index is 13.5. The minimum atomic E-state index is -3.82. The third kappa shape index (κ3) is 3.14. The molecular weight excluding hydrogens is 410 g/mol. The summed E-state index contributed by atoms with van der Waals surface area (Å²) in [7, 11) is -3.82. The van der Waals surface area contributed by atoms with Crippen LogP contribution in [0.25, 0.3) is 33.3 Å². The summed E-state index contributed by atoms with van der Waals surface area (Å²) in [6.45, 7) is 3.68. The van der Waals surface area contributed by atoms with Crippen molar-refractivity contribution in [2.75, 3.05) is 0 Å². The van der Waals surface area contributed by atoms with Crippen molar-refractivity contribution in [1.29, 1.82) is 0 Å². The summed E-state index contributed by atoms with van der Waals surface area (Å²) in [5.74, 6) is 0.658. The van der Waals surface area contributed by atoms with Crippen molar-refractivity contribution in [1.82, 2.24) is 14.1 Å². The first-order chi connectivity index (χ1) is 15.0. The molecule has 0 radical (unpaired) electrons. The minimum absolute atomic E-state index is 0.217. The first-order valence-corrected chi connectivity index (χ1v) is 11.2. The van der Waals surface area contributed by atoms with E-state index in [0.717, 1.165) is 27.9 Å². The molecule has 0 N–H and O–H groups in total. The lowest BCUT2D eigenvalue weighted by molar-refractivity contribution is 0.393. The molecule has 5 rings (SSSR count). The van der Waals surface area contributed by atoms with E-state index in [1.807, 2.05) is 50.2 Å². The molecule has 3 aromatic heterocycles. The number of benzene rings is 2. The van der Waals surface area contributed by atoms with Crippen molar-refractivity contribution in [3.05, 3.63) is 90.6 Å². The molecule has 5 aromatic rings. The Morgan fingerprint density at radius 2 is 1.58 bits per heavy atom. The van der Waals surface area contributed by atoms with Crippen LogP contribution in [0.2, 0.25) is 0 Å². The van der Waals surface area contributed by atoms with E-state index < -0.39 is 10.0 Å². The number of pyridine rings is 1. The molecule has 7 heteroatoms. The van der Waals surface area contributed by atoms with E-state index in [1.54, 1.807) is 42.7 Å². The number of hydrogen-bond donors (Lipinski definition) is 0. The summed E-state index contributed by atoms with van der Waals surface area (Å²) in [6.07, 6.45) is 3.38. The summed E-state index contributed by atoms with van der Waals surface area (Å²) in [4.78, 5) is 4.89. The van der Waals surface area contributed by atoms with Crippen LogP contribution in [0, 0.1) is 13.8 Å². The van der Waals surface area contributed by atoms with Gasteiger partial charge in [-0.25, -0.2) is 12.4 Å². The molecule has 0 aliphatic heterocycles. The normalized spacial score (nSPS) is 11.8. The lowest BCUT2D eigenvalue weighted by Gasteiger charge is -2.08. The van der Waals surface area contributed by atoms with Gasteiger partial charge in [-0.2, -0.15) is 0 Å². The number of hydrogen-bond acceptors (Lipinski definition) is 5. The molecule has 3 heterocycles. The molecule has 2 aromatic carbocycles. The average molecular weight is 430 g/mol. The summed E-state index contributed by atoms with van der Waals surface area (Å²) in [6, 6.07) is 19.9. The van der Waals surface area contributed by atoms with Gasteiger partial charge >= 0.3 is 0 Å². The van der Waals surface area contributed by atoms with Crippen molar-refractivity contribution >= 4 is 21.1 Å². The zero-order chi connectivity index (χ0) is 21.6. The Hall–Kier alpha value is -3.71. The molecule has 0 spiro atoms. The molecule has 0 fully saturated rings. The lowest BCUT2D eigenvalue weighted by Crippen LogP contribution is -2.11. The molecule has 31 heavy (non-hydrogen) atoms. The third-order valence-corrected chi connectivity index (χ3v) is 7.00. The summed E-state index contributed by atoms with van der Waals surface area (Å²) >= 11 is 0. The van der Waals surface area contributed by atoms with Crippen LogP contribution in [0.15, 0.2) is 88.5 Å². The SMILES string of the molecule is Cc1noc(C)c1-c1cnc2c(-c3ccccc3)cn(S(=O)(=O)c3ccccc3)c2c1. The van der Waals surface area contributed by atoms with Gasteiger partial charge in [-0.1, -0.05) is 53.7 Å². The Balaban J connectivity index is 1.82. The van der Waals surface area contributed by atoms with Gasteiger partial charge in [-0.15, -0.1) is 0 Å². The van der Waals surface area contributed by atoms with Crippen molar-refractivity contribution in [2.24, 2.45) is 0 Å². The maximum Gasteiger partial charge on any atom is 0.268 e. The first kappa shape index (κ1) is 19.3. The van der Waals surface area contributed by atoms with E-state index in [2.05, 4.69) is 10.1 Å². The monoisotopic (exact) mass is 429 g/mol. The Labute approximate surface area is 179 Å². The quantitative estimate of drug-likeness (QED) is 0.392. The van der Waals surface area contributed by atoms with Crippen LogP contribution >= 0.6 is 0 Å². The Morgan fingerprint density at radius 3 is 2.23 bits per heavy atom. The van der Waals surface area contributed by atoms with Gasteiger partial charge in [0, 0.05) is 29.1 Å². The van der Waals surface area contributed by atoms with Gasteiger partial charge in [-0.05, 0) is 37.6 Å². The van der Waals surface area contributed by atoms with Gasteiger partial charge in [0.1, 0.15) is 5.76 Å².